The molecule has 0 aromatic heterocycles. The van der Waals surface area contributed by atoms with Crippen LogP contribution in [0.1, 0.15) is 18.4 Å². The van der Waals surface area contributed by atoms with Crippen LogP contribution >= 0.6 is 15.9 Å². The van der Waals surface area contributed by atoms with E-state index < -0.39 is 21.8 Å². The van der Waals surface area contributed by atoms with Crippen LogP contribution in [0.3, 0.4) is 0 Å². The van der Waals surface area contributed by atoms with Crippen molar-refractivity contribution in [1.82, 2.24) is 5.32 Å². The Morgan fingerprint density at radius 3 is 2.62 bits per heavy atom. The van der Waals surface area contributed by atoms with Crippen LogP contribution < -0.4 is 10.0 Å². The second-order valence-corrected chi connectivity index (χ2v) is 7.59. The number of benzene rings is 1. The van der Waals surface area contributed by atoms with Crippen molar-refractivity contribution in [1.29, 1.82) is 0 Å². The molecule has 0 bridgehead atoms. The molecule has 0 amide bonds. The van der Waals surface area contributed by atoms with Crippen LogP contribution in [-0.4, -0.2) is 26.8 Å². The van der Waals surface area contributed by atoms with Crippen LogP contribution in [-0.2, 0) is 16.2 Å². The number of anilines is 1. The largest absolute Gasteiger partial charge is 0.416 e. The molecule has 1 aliphatic rings. The van der Waals surface area contributed by atoms with Crippen LogP contribution in [0.2, 0.25) is 0 Å². The predicted molar refractivity (Wildman–Crippen MR) is 77.6 cm³/mol. The minimum Gasteiger partial charge on any atom is -0.313 e. The molecule has 4 nitrogen and oxygen atoms in total. The molecule has 1 aromatic rings. The van der Waals surface area contributed by atoms with Gasteiger partial charge >= 0.3 is 6.18 Å². The molecule has 0 saturated carbocycles. The Kier molecular flexibility index (Phi) is 4.84. The monoisotopic (exact) mass is 386 g/mol. The van der Waals surface area contributed by atoms with Crippen molar-refractivity contribution < 1.29 is 21.6 Å². The van der Waals surface area contributed by atoms with Gasteiger partial charge in [-0.05, 0) is 37.6 Å². The molecule has 0 radical (unpaired) electrons. The second-order valence-electron chi connectivity index (χ2n) is 4.90. The van der Waals surface area contributed by atoms with E-state index in [4.69, 9.17) is 0 Å². The maximum atomic E-state index is 12.7. The predicted octanol–water partition coefficient (Wildman–Crippen LogP) is 2.96. The van der Waals surface area contributed by atoms with E-state index in [2.05, 4.69) is 26.0 Å². The van der Waals surface area contributed by atoms with Gasteiger partial charge in [-0.25, -0.2) is 8.42 Å². The average Bonchev–Trinajstić information content (AvgIpc) is 2.77. The molecular formula is C12H14BrF3N2O2S. The maximum Gasteiger partial charge on any atom is 0.416 e. The summed E-state index contributed by atoms with van der Waals surface area (Å²) in [5.74, 6) is -0.152. The van der Waals surface area contributed by atoms with Crippen LogP contribution in [0, 0.1) is 0 Å². The standard InChI is InChI=1S/C12H14BrF3N2O2S/c13-9-4-8(12(14,15)16)5-11(6-9)18-21(19,20)7-10-2-1-3-17-10/h4-6,10,17-18H,1-3,7H2. The normalized spacial score (nSPS) is 19.7. The van der Waals surface area contributed by atoms with Crippen molar-refractivity contribution in [3.63, 3.8) is 0 Å². The lowest BCUT2D eigenvalue weighted by Crippen LogP contribution is -2.32. The lowest BCUT2D eigenvalue weighted by Gasteiger charge is -2.14. The van der Waals surface area contributed by atoms with Crippen LogP contribution in [0.5, 0.6) is 0 Å². The van der Waals surface area contributed by atoms with E-state index in [9.17, 15) is 21.6 Å². The fourth-order valence-corrected chi connectivity index (χ4v) is 4.07. The number of rotatable bonds is 4. The van der Waals surface area contributed by atoms with Crippen molar-refractivity contribution in [3.8, 4) is 0 Å². The van der Waals surface area contributed by atoms with E-state index in [-0.39, 0.29) is 22.0 Å². The van der Waals surface area contributed by atoms with Gasteiger partial charge in [0.05, 0.1) is 17.0 Å². The molecule has 9 heteroatoms. The number of sulfonamides is 1. The summed E-state index contributed by atoms with van der Waals surface area (Å²) in [5, 5.41) is 3.04. The Labute approximate surface area is 129 Å². The molecule has 1 aliphatic heterocycles. The zero-order valence-corrected chi connectivity index (χ0v) is 13.3. The summed E-state index contributed by atoms with van der Waals surface area (Å²) in [6.07, 6.45) is -2.89. The Bertz CT molecular complexity index is 613. The summed E-state index contributed by atoms with van der Waals surface area (Å²) in [7, 11) is -3.70. The van der Waals surface area contributed by atoms with E-state index in [1.54, 1.807) is 0 Å². The highest BCUT2D eigenvalue weighted by atomic mass is 79.9. The zero-order chi connectivity index (χ0) is 15.7. The van der Waals surface area contributed by atoms with Crippen molar-refractivity contribution >= 4 is 31.6 Å². The summed E-state index contributed by atoms with van der Waals surface area (Å²) in [5.41, 5.74) is -1.01. The van der Waals surface area contributed by atoms with Gasteiger partial charge in [0.25, 0.3) is 0 Å². The first kappa shape index (κ1) is 16.6. The highest BCUT2D eigenvalue weighted by molar-refractivity contribution is 9.10. The van der Waals surface area contributed by atoms with Crippen molar-refractivity contribution in [2.45, 2.75) is 25.1 Å². The molecule has 2 N–H and O–H groups in total. The molecule has 1 atom stereocenters. The van der Waals surface area contributed by atoms with Gasteiger partial charge in [-0.15, -0.1) is 0 Å². The first-order valence-electron chi connectivity index (χ1n) is 6.27. The molecular weight excluding hydrogens is 373 g/mol. The van der Waals surface area contributed by atoms with Crippen LogP contribution in [0.25, 0.3) is 0 Å². The third-order valence-electron chi connectivity index (χ3n) is 3.08. The topological polar surface area (TPSA) is 58.2 Å². The van der Waals surface area contributed by atoms with E-state index in [0.717, 1.165) is 31.5 Å². The van der Waals surface area contributed by atoms with Gasteiger partial charge in [0, 0.05) is 10.5 Å². The summed E-state index contributed by atoms with van der Waals surface area (Å²) in [6.45, 7) is 0.759. The number of hydrogen-bond acceptors (Lipinski definition) is 3. The molecule has 1 aromatic carbocycles. The number of nitrogens with one attached hydrogen (secondary N) is 2. The number of hydrogen-bond donors (Lipinski definition) is 2. The Morgan fingerprint density at radius 2 is 2.05 bits per heavy atom. The molecule has 2 rings (SSSR count). The van der Waals surface area contributed by atoms with Crippen molar-refractivity contribution in [2.75, 3.05) is 17.0 Å². The average molecular weight is 387 g/mol. The van der Waals surface area contributed by atoms with Gasteiger partial charge in [0.1, 0.15) is 0 Å². The van der Waals surface area contributed by atoms with E-state index >= 15 is 0 Å². The minimum absolute atomic E-state index is 0.102. The highest BCUT2D eigenvalue weighted by Crippen LogP contribution is 2.33. The van der Waals surface area contributed by atoms with E-state index in [1.807, 2.05) is 0 Å². The molecule has 1 heterocycles. The Morgan fingerprint density at radius 1 is 1.33 bits per heavy atom. The first-order valence-corrected chi connectivity index (χ1v) is 8.72. The molecule has 0 spiro atoms. The van der Waals surface area contributed by atoms with Gasteiger partial charge < -0.3 is 5.32 Å². The lowest BCUT2D eigenvalue weighted by molar-refractivity contribution is -0.137. The molecule has 1 fully saturated rings. The van der Waals surface area contributed by atoms with Gasteiger partial charge in [0.2, 0.25) is 10.0 Å². The SMILES string of the molecule is O=S(=O)(CC1CCCN1)Nc1cc(Br)cc(C(F)(F)F)c1. The van der Waals surface area contributed by atoms with Gasteiger partial charge in [0.15, 0.2) is 0 Å². The third-order valence-corrected chi connectivity index (χ3v) is 4.93. The maximum absolute atomic E-state index is 12.7. The molecule has 1 saturated heterocycles. The van der Waals surface area contributed by atoms with Gasteiger partial charge in [-0.3, -0.25) is 4.72 Å². The van der Waals surface area contributed by atoms with Gasteiger partial charge in [-0.1, -0.05) is 15.9 Å². The van der Waals surface area contributed by atoms with Crippen molar-refractivity contribution in [3.05, 3.63) is 28.2 Å². The Balaban J connectivity index is 2.16. The van der Waals surface area contributed by atoms with Crippen LogP contribution in [0.15, 0.2) is 22.7 Å². The van der Waals surface area contributed by atoms with E-state index in [1.165, 1.54) is 6.07 Å². The summed E-state index contributed by atoms with van der Waals surface area (Å²) < 4.78 is 64.4. The highest BCUT2D eigenvalue weighted by Gasteiger charge is 2.31. The molecule has 21 heavy (non-hydrogen) atoms. The molecule has 0 aliphatic carbocycles. The molecule has 1 unspecified atom stereocenters. The fourth-order valence-electron chi connectivity index (χ4n) is 2.20. The lowest BCUT2D eigenvalue weighted by atomic mass is 10.2. The van der Waals surface area contributed by atoms with Crippen molar-refractivity contribution in [2.24, 2.45) is 0 Å². The quantitative estimate of drug-likeness (QED) is 0.836. The fraction of sp³-hybridized carbons (Fsp3) is 0.500. The summed E-state index contributed by atoms with van der Waals surface area (Å²) in [6, 6.07) is 2.83. The third kappa shape index (κ3) is 4.86. The Hall–Kier alpha value is -0.800. The molecule has 118 valence electrons. The number of halogens is 4. The first-order chi connectivity index (χ1) is 9.66. The van der Waals surface area contributed by atoms with E-state index in [0.29, 0.717) is 0 Å². The summed E-state index contributed by atoms with van der Waals surface area (Å²) >= 11 is 2.95. The smallest absolute Gasteiger partial charge is 0.313 e. The minimum atomic E-state index is -4.53. The second kappa shape index (κ2) is 6.13. The zero-order valence-electron chi connectivity index (χ0n) is 10.9. The summed E-state index contributed by atoms with van der Waals surface area (Å²) in [4.78, 5) is 0. The van der Waals surface area contributed by atoms with Crippen LogP contribution in [0.4, 0.5) is 18.9 Å². The van der Waals surface area contributed by atoms with Gasteiger partial charge in [-0.2, -0.15) is 13.2 Å². The number of alkyl halides is 3.